The predicted octanol–water partition coefficient (Wildman–Crippen LogP) is 1.38. The van der Waals surface area contributed by atoms with Crippen molar-refractivity contribution in [1.82, 2.24) is 0 Å². The standard InChI is InChI=1S/C13H17ClN2O4S/c1-2-20-12-4-3-10(14)6-11(12)16-7-9(5-13(16)17)8-21(15,18)19/h3-4,6,9H,2,5,7-8H2,1H3,(H2,15,18,19). The number of primary sulfonamides is 1. The lowest BCUT2D eigenvalue weighted by Gasteiger charge is -2.20. The molecule has 1 aliphatic rings. The van der Waals surface area contributed by atoms with E-state index in [9.17, 15) is 13.2 Å². The minimum atomic E-state index is -3.60. The summed E-state index contributed by atoms with van der Waals surface area (Å²) in [5.41, 5.74) is 0.561. The molecule has 1 aromatic rings. The lowest BCUT2D eigenvalue weighted by atomic mass is 10.1. The van der Waals surface area contributed by atoms with E-state index in [-0.39, 0.29) is 30.5 Å². The first-order valence-electron chi connectivity index (χ1n) is 6.53. The number of nitrogens with two attached hydrogens (primary N) is 1. The molecule has 1 aromatic carbocycles. The summed E-state index contributed by atoms with van der Waals surface area (Å²) >= 11 is 5.98. The van der Waals surface area contributed by atoms with Crippen molar-refractivity contribution in [3.63, 3.8) is 0 Å². The maximum absolute atomic E-state index is 12.1. The van der Waals surface area contributed by atoms with Crippen LogP contribution in [0.4, 0.5) is 5.69 Å². The molecule has 0 radical (unpaired) electrons. The molecular formula is C13H17ClN2O4S. The average molecular weight is 333 g/mol. The van der Waals surface area contributed by atoms with Gasteiger partial charge in [0.1, 0.15) is 5.75 Å². The highest BCUT2D eigenvalue weighted by atomic mass is 35.5. The molecule has 1 amide bonds. The topological polar surface area (TPSA) is 89.7 Å². The molecule has 1 saturated heterocycles. The Bertz CT molecular complexity index is 648. The van der Waals surface area contributed by atoms with Gasteiger partial charge in [-0.2, -0.15) is 0 Å². The van der Waals surface area contributed by atoms with Gasteiger partial charge in [-0.25, -0.2) is 13.6 Å². The highest BCUT2D eigenvalue weighted by Crippen LogP contribution is 2.35. The molecular weight excluding hydrogens is 316 g/mol. The van der Waals surface area contributed by atoms with Crippen LogP contribution in [0.1, 0.15) is 13.3 Å². The van der Waals surface area contributed by atoms with Gasteiger partial charge in [-0.15, -0.1) is 0 Å². The molecule has 2 N–H and O–H groups in total. The molecule has 0 saturated carbocycles. The largest absolute Gasteiger partial charge is 0.492 e. The lowest BCUT2D eigenvalue weighted by Crippen LogP contribution is -2.27. The lowest BCUT2D eigenvalue weighted by molar-refractivity contribution is -0.117. The van der Waals surface area contributed by atoms with Crippen molar-refractivity contribution in [2.75, 3.05) is 23.8 Å². The summed E-state index contributed by atoms with van der Waals surface area (Å²) in [6, 6.07) is 5.02. The number of carbonyl (C=O) groups excluding carboxylic acids is 1. The third-order valence-electron chi connectivity index (χ3n) is 3.18. The first-order chi connectivity index (χ1) is 9.80. The molecule has 0 aromatic heterocycles. The van der Waals surface area contributed by atoms with Crippen LogP contribution in [0.25, 0.3) is 0 Å². The van der Waals surface area contributed by atoms with Crippen molar-refractivity contribution in [2.45, 2.75) is 13.3 Å². The summed E-state index contributed by atoms with van der Waals surface area (Å²) in [4.78, 5) is 13.6. The van der Waals surface area contributed by atoms with E-state index in [0.717, 1.165) is 0 Å². The molecule has 0 spiro atoms. The molecule has 1 aliphatic heterocycles. The van der Waals surface area contributed by atoms with Gasteiger partial charge >= 0.3 is 0 Å². The third kappa shape index (κ3) is 4.09. The van der Waals surface area contributed by atoms with Gasteiger partial charge in [-0.1, -0.05) is 11.6 Å². The predicted molar refractivity (Wildman–Crippen MR) is 81.1 cm³/mol. The fraction of sp³-hybridized carbons (Fsp3) is 0.462. The van der Waals surface area contributed by atoms with Gasteiger partial charge < -0.3 is 9.64 Å². The quantitative estimate of drug-likeness (QED) is 0.882. The van der Waals surface area contributed by atoms with Crippen LogP contribution in [0.5, 0.6) is 5.75 Å². The number of anilines is 1. The van der Waals surface area contributed by atoms with E-state index >= 15 is 0 Å². The molecule has 116 valence electrons. The van der Waals surface area contributed by atoms with Gasteiger partial charge in [0.05, 0.1) is 18.0 Å². The number of carbonyl (C=O) groups is 1. The van der Waals surface area contributed by atoms with E-state index in [1.807, 2.05) is 6.92 Å². The molecule has 0 bridgehead atoms. The summed E-state index contributed by atoms with van der Waals surface area (Å²) in [5.74, 6) is -0.140. The molecule has 6 nitrogen and oxygen atoms in total. The van der Waals surface area contributed by atoms with Gasteiger partial charge in [0.25, 0.3) is 0 Å². The average Bonchev–Trinajstić information content (AvgIpc) is 2.70. The summed E-state index contributed by atoms with van der Waals surface area (Å²) in [7, 11) is -3.60. The van der Waals surface area contributed by atoms with Crippen LogP contribution in [0.3, 0.4) is 0 Å². The van der Waals surface area contributed by atoms with Crippen LogP contribution in [-0.4, -0.2) is 33.2 Å². The number of rotatable bonds is 5. The fourth-order valence-corrected chi connectivity index (χ4v) is 3.48. The molecule has 2 rings (SSSR count). The Balaban J connectivity index is 2.26. The zero-order chi connectivity index (χ0) is 15.6. The number of halogens is 1. The van der Waals surface area contributed by atoms with E-state index < -0.39 is 10.0 Å². The van der Waals surface area contributed by atoms with Crippen LogP contribution < -0.4 is 14.8 Å². The van der Waals surface area contributed by atoms with Crippen molar-refractivity contribution in [1.29, 1.82) is 0 Å². The smallest absolute Gasteiger partial charge is 0.227 e. The van der Waals surface area contributed by atoms with Gasteiger partial charge in [0.15, 0.2) is 0 Å². The molecule has 0 aliphatic carbocycles. The van der Waals surface area contributed by atoms with Crippen molar-refractivity contribution < 1.29 is 17.9 Å². The first-order valence-corrected chi connectivity index (χ1v) is 8.62. The van der Waals surface area contributed by atoms with E-state index in [1.54, 1.807) is 18.2 Å². The second kappa shape index (κ2) is 6.21. The maximum atomic E-state index is 12.1. The Morgan fingerprint density at radius 3 is 2.81 bits per heavy atom. The van der Waals surface area contributed by atoms with Crippen molar-refractivity contribution in [3.8, 4) is 5.75 Å². The van der Waals surface area contributed by atoms with E-state index in [2.05, 4.69) is 0 Å². The molecule has 1 atom stereocenters. The minimum Gasteiger partial charge on any atom is -0.492 e. The number of nitrogens with zero attached hydrogens (tertiary/aromatic N) is 1. The normalized spacial score (nSPS) is 19.1. The Morgan fingerprint density at radius 2 is 2.19 bits per heavy atom. The van der Waals surface area contributed by atoms with Crippen molar-refractivity contribution >= 4 is 33.2 Å². The summed E-state index contributed by atoms with van der Waals surface area (Å²) in [6.45, 7) is 2.58. The van der Waals surface area contributed by atoms with Gasteiger partial charge in [-0.3, -0.25) is 4.79 Å². The van der Waals surface area contributed by atoms with Crippen molar-refractivity contribution in [2.24, 2.45) is 11.1 Å². The molecule has 21 heavy (non-hydrogen) atoms. The highest BCUT2D eigenvalue weighted by molar-refractivity contribution is 7.89. The van der Waals surface area contributed by atoms with Gasteiger partial charge in [0.2, 0.25) is 15.9 Å². The molecule has 1 fully saturated rings. The van der Waals surface area contributed by atoms with Crippen molar-refractivity contribution in [3.05, 3.63) is 23.2 Å². The van der Waals surface area contributed by atoms with Gasteiger partial charge in [0, 0.05) is 23.9 Å². The van der Waals surface area contributed by atoms with E-state index in [1.165, 1.54) is 4.90 Å². The van der Waals surface area contributed by atoms with Crippen LogP contribution in [-0.2, 0) is 14.8 Å². The molecule has 8 heteroatoms. The molecule has 1 heterocycles. The Morgan fingerprint density at radius 1 is 1.48 bits per heavy atom. The first kappa shape index (κ1) is 16.1. The van der Waals surface area contributed by atoms with E-state index in [4.69, 9.17) is 21.5 Å². The number of ether oxygens (including phenoxy) is 1. The Kier molecular flexibility index (Phi) is 4.75. The third-order valence-corrected chi connectivity index (χ3v) is 4.36. The highest BCUT2D eigenvalue weighted by Gasteiger charge is 2.34. The zero-order valence-corrected chi connectivity index (χ0v) is 13.2. The number of sulfonamides is 1. The van der Waals surface area contributed by atoms with Crippen LogP contribution in [0, 0.1) is 5.92 Å². The SMILES string of the molecule is CCOc1ccc(Cl)cc1N1CC(CS(N)(=O)=O)CC1=O. The minimum absolute atomic E-state index is 0.147. The molecule has 1 unspecified atom stereocenters. The Labute approximate surface area is 128 Å². The van der Waals surface area contributed by atoms with Crippen LogP contribution in [0.15, 0.2) is 18.2 Å². The second-order valence-corrected chi connectivity index (χ2v) is 7.04. The summed E-state index contributed by atoms with van der Waals surface area (Å²) in [5, 5.41) is 5.53. The van der Waals surface area contributed by atoms with Crippen LogP contribution >= 0.6 is 11.6 Å². The maximum Gasteiger partial charge on any atom is 0.227 e. The summed E-state index contributed by atoms with van der Waals surface area (Å²) in [6.07, 6.45) is 0.147. The number of benzene rings is 1. The van der Waals surface area contributed by atoms with Crippen LogP contribution in [0.2, 0.25) is 5.02 Å². The van der Waals surface area contributed by atoms with Gasteiger partial charge in [-0.05, 0) is 25.1 Å². The van der Waals surface area contributed by atoms with E-state index in [0.29, 0.717) is 23.1 Å². The fourth-order valence-electron chi connectivity index (χ4n) is 2.43. The Hall–Kier alpha value is -1.31. The zero-order valence-electron chi connectivity index (χ0n) is 11.6. The number of amides is 1. The second-order valence-electron chi connectivity index (χ2n) is 4.95. The summed E-state index contributed by atoms with van der Waals surface area (Å²) < 4.78 is 27.8. The monoisotopic (exact) mass is 332 g/mol. The number of hydrogen-bond acceptors (Lipinski definition) is 4. The number of hydrogen-bond donors (Lipinski definition) is 1.